The predicted octanol–water partition coefficient (Wildman–Crippen LogP) is 5.35. The SMILES string of the molecule is C=CCN(CC[C@](C)(C=C)c1ccccc1)C(=O)OCc1ccccc1. The quantitative estimate of drug-likeness (QED) is 0.572. The number of hydrogen-bond donors (Lipinski definition) is 0. The van der Waals surface area contributed by atoms with Crippen molar-refractivity contribution in [1.82, 2.24) is 4.90 Å². The highest BCUT2D eigenvalue weighted by atomic mass is 16.6. The Morgan fingerprint density at radius 2 is 1.69 bits per heavy atom. The van der Waals surface area contributed by atoms with Crippen molar-refractivity contribution < 1.29 is 9.53 Å². The summed E-state index contributed by atoms with van der Waals surface area (Å²) in [6, 6.07) is 19.9. The zero-order valence-electron chi connectivity index (χ0n) is 15.4. The normalized spacial score (nSPS) is 12.7. The van der Waals surface area contributed by atoms with E-state index in [1.165, 1.54) is 5.56 Å². The number of carbonyl (C=O) groups is 1. The first kappa shape index (κ1) is 19.5. The average Bonchev–Trinajstić information content (AvgIpc) is 2.70. The van der Waals surface area contributed by atoms with Gasteiger partial charge in [0, 0.05) is 18.5 Å². The average molecular weight is 349 g/mol. The van der Waals surface area contributed by atoms with Crippen molar-refractivity contribution in [2.45, 2.75) is 25.4 Å². The van der Waals surface area contributed by atoms with Crippen LogP contribution in [-0.4, -0.2) is 24.1 Å². The van der Waals surface area contributed by atoms with Crippen LogP contribution in [0.2, 0.25) is 0 Å². The Balaban J connectivity index is 1.99. The van der Waals surface area contributed by atoms with Gasteiger partial charge in [-0.15, -0.1) is 13.2 Å². The summed E-state index contributed by atoms with van der Waals surface area (Å²) in [4.78, 5) is 14.2. The van der Waals surface area contributed by atoms with Crippen LogP contribution in [0.4, 0.5) is 4.79 Å². The molecule has 0 aliphatic rings. The van der Waals surface area contributed by atoms with Crippen LogP contribution >= 0.6 is 0 Å². The van der Waals surface area contributed by atoms with Crippen LogP contribution in [-0.2, 0) is 16.8 Å². The number of rotatable bonds is 9. The van der Waals surface area contributed by atoms with Gasteiger partial charge in [-0.3, -0.25) is 0 Å². The number of amides is 1. The fraction of sp³-hybridized carbons (Fsp3) is 0.261. The van der Waals surface area contributed by atoms with Crippen LogP contribution in [0.25, 0.3) is 0 Å². The van der Waals surface area contributed by atoms with Crippen molar-refractivity contribution in [3.63, 3.8) is 0 Å². The maximum absolute atomic E-state index is 12.5. The van der Waals surface area contributed by atoms with E-state index in [0.29, 0.717) is 13.1 Å². The number of benzene rings is 2. The van der Waals surface area contributed by atoms with Crippen LogP contribution in [0.15, 0.2) is 86.0 Å². The van der Waals surface area contributed by atoms with Gasteiger partial charge in [0.25, 0.3) is 0 Å². The first-order valence-electron chi connectivity index (χ1n) is 8.84. The minimum absolute atomic E-state index is 0.208. The van der Waals surface area contributed by atoms with E-state index in [9.17, 15) is 4.79 Å². The minimum Gasteiger partial charge on any atom is -0.445 e. The molecule has 0 aromatic heterocycles. The van der Waals surface area contributed by atoms with Gasteiger partial charge in [-0.05, 0) is 17.5 Å². The van der Waals surface area contributed by atoms with E-state index in [4.69, 9.17) is 4.74 Å². The van der Waals surface area contributed by atoms with Gasteiger partial charge in [0.05, 0.1) is 0 Å². The van der Waals surface area contributed by atoms with E-state index in [0.717, 1.165) is 12.0 Å². The summed E-state index contributed by atoms with van der Waals surface area (Å²) >= 11 is 0. The number of hydrogen-bond acceptors (Lipinski definition) is 2. The van der Waals surface area contributed by atoms with Crippen LogP contribution in [0.3, 0.4) is 0 Å². The molecule has 2 aromatic rings. The molecule has 0 saturated heterocycles. The lowest BCUT2D eigenvalue weighted by Crippen LogP contribution is -2.35. The van der Waals surface area contributed by atoms with Crippen molar-refractivity contribution in [3.05, 3.63) is 97.1 Å². The summed E-state index contributed by atoms with van der Waals surface area (Å²) in [5, 5.41) is 0. The summed E-state index contributed by atoms with van der Waals surface area (Å²) in [5.74, 6) is 0. The van der Waals surface area contributed by atoms with E-state index < -0.39 is 0 Å². The van der Waals surface area contributed by atoms with E-state index >= 15 is 0 Å². The Morgan fingerprint density at radius 1 is 1.08 bits per heavy atom. The maximum Gasteiger partial charge on any atom is 0.410 e. The number of nitrogens with zero attached hydrogens (tertiary/aromatic N) is 1. The van der Waals surface area contributed by atoms with E-state index in [1.54, 1.807) is 11.0 Å². The summed E-state index contributed by atoms with van der Waals surface area (Å²) in [5.41, 5.74) is 1.95. The second-order valence-corrected chi connectivity index (χ2v) is 6.51. The molecule has 0 aliphatic heterocycles. The summed E-state index contributed by atoms with van der Waals surface area (Å²) < 4.78 is 5.46. The molecule has 26 heavy (non-hydrogen) atoms. The Bertz CT molecular complexity index is 712. The molecule has 0 spiro atoms. The molecular formula is C23H27NO2. The van der Waals surface area contributed by atoms with Gasteiger partial charge in [-0.1, -0.05) is 79.7 Å². The van der Waals surface area contributed by atoms with E-state index in [-0.39, 0.29) is 18.1 Å². The molecule has 1 amide bonds. The monoisotopic (exact) mass is 349 g/mol. The van der Waals surface area contributed by atoms with Crippen LogP contribution in [0.5, 0.6) is 0 Å². The number of carbonyl (C=O) groups excluding carboxylic acids is 1. The Hall–Kier alpha value is -2.81. The van der Waals surface area contributed by atoms with E-state index in [2.05, 4.69) is 32.2 Å². The molecule has 2 aromatic carbocycles. The molecule has 1 atom stereocenters. The van der Waals surface area contributed by atoms with Crippen LogP contribution < -0.4 is 0 Å². The maximum atomic E-state index is 12.5. The zero-order chi connectivity index (χ0) is 18.8. The first-order chi connectivity index (χ1) is 12.6. The minimum atomic E-state index is -0.326. The largest absolute Gasteiger partial charge is 0.445 e. The molecule has 0 saturated carbocycles. The summed E-state index contributed by atoms with van der Waals surface area (Å²) in [6.07, 6.45) is 4.10. The van der Waals surface area contributed by atoms with E-state index in [1.807, 2.05) is 54.6 Å². The molecular weight excluding hydrogens is 322 g/mol. The molecule has 0 unspecified atom stereocenters. The summed E-state index contributed by atoms with van der Waals surface area (Å²) in [6.45, 7) is 11.2. The molecule has 3 nitrogen and oxygen atoms in total. The smallest absolute Gasteiger partial charge is 0.410 e. The van der Waals surface area contributed by atoms with Crippen molar-refractivity contribution >= 4 is 6.09 Å². The van der Waals surface area contributed by atoms with Crippen molar-refractivity contribution in [3.8, 4) is 0 Å². The Kier molecular flexibility index (Phi) is 7.22. The third-order valence-electron chi connectivity index (χ3n) is 4.60. The highest BCUT2D eigenvalue weighted by molar-refractivity contribution is 5.67. The lowest BCUT2D eigenvalue weighted by atomic mass is 9.79. The molecule has 0 bridgehead atoms. The Labute approximate surface area is 156 Å². The van der Waals surface area contributed by atoms with Gasteiger partial charge in [0.2, 0.25) is 0 Å². The third kappa shape index (κ3) is 5.35. The molecule has 136 valence electrons. The second kappa shape index (κ2) is 9.62. The van der Waals surface area contributed by atoms with Gasteiger partial charge in [0.15, 0.2) is 0 Å². The third-order valence-corrected chi connectivity index (χ3v) is 4.60. The van der Waals surface area contributed by atoms with Crippen molar-refractivity contribution in [2.24, 2.45) is 0 Å². The standard InChI is InChI=1S/C23H27NO2/c1-4-17-24(22(25)26-19-20-12-8-6-9-13-20)18-16-23(3,5-2)21-14-10-7-11-15-21/h4-15H,1-2,16-19H2,3H3/t23-/m0/s1. The fourth-order valence-electron chi connectivity index (χ4n) is 2.77. The molecule has 0 heterocycles. The van der Waals surface area contributed by atoms with Gasteiger partial charge in [0.1, 0.15) is 6.61 Å². The van der Waals surface area contributed by atoms with Gasteiger partial charge in [-0.2, -0.15) is 0 Å². The topological polar surface area (TPSA) is 29.5 Å². The highest BCUT2D eigenvalue weighted by Gasteiger charge is 2.25. The van der Waals surface area contributed by atoms with Crippen LogP contribution in [0, 0.1) is 0 Å². The van der Waals surface area contributed by atoms with Gasteiger partial charge in [-0.25, -0.2) is 4.79 Å². The van der Waals surface area contributed by atoms with Gasteiger partial charge < -0.3 is 9.64 Å². The predicted molar refractivity (Wildman–Crippen MR) is 107 cm³/mol. The molecule has 2 rings (SSSR count). The van der Waals surface area contributed by atoms with Crippen molar-refractivity contribution in [1.29, 1.82) is 0 Å². The molecule has 0 aliphatic carbocycles. The van der Waals surface area contributed by atoms with Gasteiger partial charge >= 0.3 is 6.09 Å². The number of allylic oxidation sites excluding steroid dienone is 1. The molecule has 0 N–H and O–H groups in total. The van der Waals surface area contributed by atoms with Crippen LogP contribution in [0.1, 0.15) is 24.5 Å². The fourth-order valence-corrected chi connectivity index (χ4v) is 2.77. The first-order valence-corrected chi connectivity index (χ1v) is 8.84. The summed E-state index contributed by atoms with van der Waals surface area (Å²) in [7, 11) is 0. The molecule has 0 radical (unpaired) electrons. The Morgan fingerprint density at radius 3 is 2.27 bits per heavy atom. The highest BCUT2D eigenvalue weighted by Crippen LogP contribution is 2.29. The molecule has 3 heteroatoms. The molecule has 0 fully saturated rings. The lowest BCUT2D eigenvalue weighted by molar-refractivity contribution is 0.0982. The zero-order valence-corrected chi connectivity index (χ0v) is 15.4. The lowest BCUT2D eigenvalue weighted by Gasteiger charge is -2.30. The number of ether oxygens (including phenoxy) is 1. The second-order valence-electron chi connectivity index (χ2n) is 6.51. The van der Waals surface area contributed by atoms with Crippen molar-refractivity contribution in [2.75, 3.05) is 13.1 Å².